The van der Waals surface area contributed by atoms with Crippen molar-refractivity contribution in [2.75, 3.05) is 13.2 Å². The summed E-state index contributed by atoms with van der Waals surface area (Å²) >= 11 is 0. The van der Waals surface area contributed by atoms with E-state index in [9.17, 15) is 0 Å². The molecule has 2 saturated heterocycles. The van der Waals surface area contributed by atoms with Gasteiger partial charge in [-0.2, -0.15) is 0 Å². The van der Waals surface area contributed by atoms with Crippen molar-refractivity contribution in [3.63, 3.8) is 0 Å². The Morgan fingerprint density at radius 2 is 2.00 bits per heavy atom. The molecule has 2 heterocycles. The minimum atomic E-state index is 0.509. The van der Waals surface area contributed by atoms with E-state index in [1.807, 2.05) is 0 Å². The number of rotatable bonds is 1. The third kappa shape index (κ3) is 1.53. The summed E-state index contributed by atoms with van der Waals surface area (Å²) in [4.78, 5) is 0. The minimum absolute atomic E-state index is 0.509. The second-order valence-corrected chi connectivity index (χ2v) is 6.27. The Balaban J connectivity index is 1.63. The Morgan fingerprint density at radius 3 is 2.53 bits per heavy atom. The third-order valence-corrected chi connectivity index (χ3v) is 4.79. The summed E-state index contributed by atoms with van der Waals surface area (Å²) in [6.07, 6.45) is 5.90. The van der Waals surface area contributed by atoms with Crippen molar-refractivity contribution in [2.24, 2.45) is 17.3 Å². The maximum absolute atomic E-state index is 5.96. The van der Waals surface area contributed by atoms with Crippen LogP contribution in [0.4, 0.5) is 0 Å². The van der Waals surface area contributed by atoms with Crippen molar-refractivity contribution in [2.45, 2.75) is 51.7 Å². The van der Waals surface area contributed by atoms with Crippen LogP contribution < -0.4 is 5.32 Å². The Kier molecular flexibility index (Phi) is 2.33. The van der Waals surface area contributed by atoms with Gasteiger partial charge in [-0.05, 0) is 37.5 Å². The fraction of sp³-hybridized carbons (Fsp3) is 1.00. The molecule has 0 aromatic heterocycles. The Morgan fingerprint density at radius 1 is 1.20 bits per heavy atom. The maximum Gasteiger partial charge on any atom is 0.0736 e. The van der Waals surface area contributed by atoms with Gasteiger partial charge in [-0.15, -0.1) is 0 Å². The van der Waals surface area contributed by atoms with Gasteiger partial charge >= 0.3 is 0 Å². The average molecular weight is 209 g/mol. The SMILES string of the molecule is CC1CCOC(C2NCC23CC(C)C3)C1. The highest BCUT2D eigenvalue weighted by molar-refractivity contribution is 5.11. The first-order valence-electron chi connectivity index (χ1n) is 6.55. The quantitative estimate of drug-likeness (QED) is 0.715. The molecule has 0 bridgehead atoms. The molecule has 15 heavy (non-hydrogen) atoms. The van der Waals surface area contributed by atoms with Gasteiger partial charge in [0, 0.05) is 24.6 Å². The van der Waals surface area contributed by atoms with Crippen molar-refractivity contribution < 1.29 is 4.74 Å². The van der Waals surface area contributed by atoms with Crippen molar-refractivity contribution >= 4 is 0 Å². The molecule has 3 rings (SSSR count). The van der Waals surface area contributed by atoms with Gasteiger partial charge in [-0.1, -0.05) is 13.8 Å². The van der Waals surface area contributed by atoms with E-state index >= 15 is 0 Å². The summed E-state index contributed by atoms with van der Waals surface area (Å²) < 4.78 is 5.96. The highest BCUT2D eigenvalue weighted by Gasteiger charge is 2.56. The van der Waals surface area contributed by atoms with Gasteiger partial charge in [0.2, 0.25) is 0 Å². The minimum Gasteiger partial charge on any atom is -0.377 e. The molecule has 1 aliphatic carbocycles. The molecule has 0 radical (unpaired) electrons. The topological polar surface area (TPSA) is 21.3 Å². The smallest absolute Gasteiger partial charge is 0.0736 e. The van der Waals surface area contributed by atoms with Crippen LogP contribution in [0.25, 0.3) is 0 Å². The Labute approximate surface area is 92.8 Å². The van der Waals surface area contributed by atoms with Gasteiger partial charge < -0.3 is 10.1 Å². The van der Waals surface area contributed by atoms with Gasteiger partial charge in [0.25, 0.3) is 0 Å². The van der Waals surface area contributed by atoms with E-state index in [-0.39, 0.29) is 0 Å². The molecule has 86 valence electrons. The van der Waals surface area contributed by atoms with Gasteiger partial charge in [0.1, 0.15) is 0 Å². The molecule has 2 heteroatoms. The van der Waals surface area contributed by atoms with Crippen LogP contribution in [-0.4, -0.2) is 25.3 Å². The summed E-state index contributed by atoms with van der Waals surface area (Å²) in [5.41, 5.74) is 0.640. The second-order valence-electron chi connectivity index (χ2n) is 6.27. The molecule has 1 spiro atoms. The standard InChI is InChI=1S/C13H23NO/c1-9-3-4-15-11(5-9)12-13(8-14-12)6-10(2)7-13/h9-12,14H,3-8H2,1-2H3. The first-order valence-corrected chi connectivity index (χ1v) is 6.55. The molecule has 0 aromatic rings. The van der Waals surface area contributed by atoms with Gasteiger partial charge in [0.05, 0.1) is 6.10 Å². The van der Waals surface area contributed by atoms with E-state index in [1.54, 1.807) is 0 Å². The van der Waals surface area contributed by atoms with Gasteiger partial charge in [0.15, 0.2) is 0 Å². The summed E-state index contributed by atoms with van der Waals surface area (Å²) in [7, 11) is 0. The molecule has 3 fully saturated rings. The summed E-state index contributed by atoms with van der Waals surface area (Å²) in [5.74, 6) is 1.82. The normalized spacial score (nSPS) is 54.8. The van der Waals surface area contributed by atoms with E-state index < -0.39 is 0 Å². The fourth-order valence-corrected chi connectivity index (χ4v) is 4.00. The van der Waals surface area contributed by atoms with Gasteiger partial charge in [-0.3, -0.25) is 0 Å². The van der Waals surface area contributed by atoms with Crippen LogP contribution in [0, 0.1) is 17.3 Å². The first kappa shape index (κ1) is 10.1. The lowest BCUT2D eigenvalue weighted by atomic mass is 9.53. The first-order chi connectivity index (χ1) is 7.20. The predicted octanol–water partition coefficient (Wildman–Crippen LogP) is 2.19. The Hall–Kier alpha value is -0.0800. The molecule has 3 aliphatic rings. The number of ether oxygens (including phenoxy) is 1. The van der Waals surface area contributed by atoms with Crippen LogP contribution in [0.15, 0.2) is 0 Å². The molecular weight excluding hydrogens is 186 g/mol. The predicted molar refractivity (Wildman–Crippen MR) is 60.8 cm³/mol. The highest BCUT2D eigenvalue weighted by atomic mass is 16.5. The lowest BCUT2D eigenvalue weighted by molar-refractivity contribution is -0.133. The van der Waals surface area contributed by atoms with E-state index in [2.05, 4.69) is 19.2 Å². The summed E-state index contributed by atoms with van der Waals surface area (Å²) in [5, 5.41) is 3.62. The Bertz CT molecular complexity index is 247. The summed E-state index contributed by atoms with van der Waals surface area (Å²) in [6, 6.07) is 0.677. The van der Waals surface area contributed by atoms with E-state index in [1.165, 1.54) is 32.2 Å². The van der Waals surface area contributed by atoms with Crippen molar-refractivity contribution in [1.29, 1.82) is 0 Å². The zero-order chi connectivity index (χ0) is 10.5. The molecule has 2 nitrogen and oxygen atoms in total. The van der Waals surface area contributed by atoms with E-state index in [0.29, 0.717) is 17.6 Å². The zero-order valence-corrected chi connectivity index (χ0v) is 9.96. The molecule has 0 amide bonds. The zero-order valence-electron chi connectivity index (χ0n) is 9.96. The van der Waals surface area contributed by atoms with Crippen molar-refractivity contribution in [3.8, 4) is 0 Å². The van der Waals surface area contributed by atoms with Crippen LogP contribution in [0.5, 0.6) is 0 Å². The summed E-state index contributed by atoms with van der Waals surface area (Å²) in [6.45, 7) is 6.97. The number of hydrogen-bond donors (Lipinski definition) is 1. The molecule has 1 saturated carbocycles. The lowest BCUT2D eigenvalue weighted by Crippen LogP contribution is -2.72. The molecular formula is C13H23NO. The van der Waals surface area contributed by atoms with Crippen molar-refractivity contribution in [3.05, 3.63) is 0 Å². The van der Waals surface area contributed by atoms with Crippen LogP contribution in [0.1, 0.15) is 39.5 Å². The fourth-order valence-electron chi connectivity index (χ4n) is 4.00. The average Bonchev–Trinajstić information content (AvgIpc) is 2.11. The maximum atomic E-state index is 5.96. The van der Waals surface area contributed by atoms with Crippen LogP contribution in [0.3, 0.4) is 0 Å². The monoisotopic (exact) mass is 209 g/mol. The molecule has 3 atom stereocenters. The second kappa shape index (κ2) is 3.46. The highest BCUT2D eigenvalue weighted by Crippen LogP contribution is 2.53. The van der Waals surface area contributed by atoms with E-state index in [4.69, 9.17) is 4.74 Å². The molecule has 3 unspecified atom stereocenters. The number of hydrogen-bond acceptors (Lipinski definition) is 2. The van der Waals surface area contributed by atoms with Crippen LogP contribution >= 0.6 is 0 Å². The number of nitrogens with one attached hydrogen (secondary N) is 1. The van der Waals surface area contributed by atoms with Crippen LogP contribution in [0.2, 0.25) is 0 Å². The van der Waals surface area contributed by atoms with Crippen molar-refractivity contribution in [1.82, 2.24) is 5.32 Å². The molecule has 0 aromatic carbocycles. The molecule has 2 aliphatic heterocycles. The molecule has 1 N–H and O–H groups in total. The van der Waals surface area contributed by atoms with Crippen LogP contribution in [-0.2, 0) is 4.74 Å². The lowest BCUT2D eigenvalue weighted by Gasteiger charge is -2.62. The third-order valence-electron chi connectivity index (χ3n) is 4.79. The van der Waals surface area contributed by atoms with Gasteiger partial charge in [-0.25, -0.2) is 0 Å². The largest absolute Gasteiger partial charge is 0.377 e. The van der Waals surface area contributed by atoms with E-state index in [0.717, 1.165) is 18.4 Å².